The number of anilines is 1. The molecule has 0 radical (unpaired) electrons. The fourth-order valence-electron chi connectivity index (χ4n) is 3.63. The van der Waals surface area contributed by atoms with Crippen molar-refractivity contribution in [2.24, 2.45) is 9.98 Å². The van der Waals surface area contributed by atoms with Crippen LogP contribution in [-0.4, -0.2) is 28.1 Å². The molecule has 4 nitrogen and oxygen atoms in total. The maximum Gasteiger partial charge on any atom is 0.234 e. The zero-order valence-corrected chi connectivity index (χ0v) is 17.4. The van der Waals surface area contributed by atoms with Gasteiger partial charge in [-0.15, -0.1) is 11.3 Å². The van der Waals surface area contributed by atoms with Gasteiger partial charge < -0.3 is 5.32 Å². The third-order valence-electron chi connectivity index (χ3n) is 5.03. The molecule has 0 atom stereocenters. The number of rotatable bonds is 4. The van der Waals surface area contributed by atoms with Crippen molar-refractivity contribution in [3.8, 4) is 0 Å². The molecule has 2 aliphatic rings. The number of hydrogen-bond donors (Lipinski definition) is 1. The molecule has 1 aliphatic carbocycles. The van der Waals surface area contributed by atoms with Gasteiger partial charge in [-0.2, -0.15) is 0 Å². The van der Waals surface area contributed by atoms with E-state index in [9.17, 15) is 13.6 Å². The van der Waals surface area contributed by atoms with Gasteiger partial charge in [-0.25, -0.2) is 13.8 Å². The van der Waals surface area contributed by atoms with Crippen LogP contribution >= 0.6 is 23.1 Å². The molecule has 2 aromatic rings. The molecule has 1 aromatic heterocycles. The van der Waals surface area contributed by atoms with Crippen LogP contribution in [0.25, 0.3) is 0 Å². The fourth-order valence-corrected chi connectivity index (χ4v) is 5.28. The van der Waals surface area contributed by atoms with Crippen molar-refractivity contribution in [1.82, 2.24) is 0 Å². The Kier molecular flexibility index (Phi) is 6.10. The summed E-state index contributed by atoms with van der Waals surface area (Å²) in [4.78, 5) is 23.3. The molecule has 2 heterocycles. The Bertz CT molecular complexity index is 949. The summed E-state index contributed by atoms with van der Waals surface area (Å²) in [7, 11) is 0. The Hall–Kier alpha value is -2.06. The molecule has 8 heteroatoms. The number of nitrogens with one attached hydrogen (secondary N) is 1. The minimum Gasteiger partial charge on any atom is -0.323 e. The van der Waals surface area contributed by atoms with Gasteiger partial charge in [0.1, 0.15) is 22.4 Å². The van der Waals surface area contributed by atoms with Gasteiger partial charge in [0.2, 0.25) is 5.91 Å². The van der Waals surface area contributed by atoms with E-state index >= 15 is 0 Å². The van der Waals surface area contributed by atoms with E-state index in [-0.39, 0.29) is 11.4 Å². The molecule has 0 saturated heterocycles. The van der Waals surface area contributed by atoms with Crippen LogP contribution in [-0.2, 0) is 4.79 Å². The first-order valence-corrected chi connectivity index (χ1v) is 11.5. The van der Waals surface area contributed by atoms with E-state index < -0.39 is 23.2 Å². The molecule has 0 unspecified atom stereocenters. The van der Waals surface area contributed by atoms with Gasteiger partial charge in [0.15, 0.2) is 5.66 Å². The summed E-state index contributed by atoms with van der Waals surface area (Å²) in [5.74, 6) is -1.62. The number of benzene rings is 1. The molecule has 1 N–H and O–H groups in total. The van der Waals surface area contributed by atoms with Gasteiger partial charge in [-0.1, -0.05) is 30.7 Å². The number of carbonyl (C=O) groups excluding carboxylic acids is 1. The Morgan fingerprint density at radius 3 is 2.66 bits per heavy atom. The highest BCUT2D eigenvalue weighted by atomic mass is 32.2. The second-order valence-corrected chi connectivity index (χ2v) is 9.12. The second kappa shape index (κ2) is 8.75. The van der Waals surface area contributed by atoms with Crippen LogP contribution < -0.4 is 5.32 Å². The predicted molar refractivity (Wildman–Crippen MR) is 116 cm³/mol. The van der Waals surface area contributed by atoms with E-state index in [4.69, 9.17) is 9.98 Å². The van der Waals surface area contributed by atoms with Crippen molar-refractivity contribution in [1.29, 1.82) is 0 Å². The third kappa shape index (κ3) is 4.75. The Balaban J connectivity index is 1.49. The van der Waals surface area contributed by atoms with Gasteiger partial charge in [-0.3, -0.25) is 9.79 Å². The minimum atomic E-state index is -0.666. The van der Waals surface area contributed by atoms with Gasteiger partial charge in [-0.05, 0) is 49.3 Å². The molecule has 1 aliphatic heterocycles. The number of carbonyl (C=O) groups is 1. The summed E-state index contributed by atoms with van der Waals surface area (Å²) in [5.41, 5.74) is 0.275. The highest BCUT2D eigenvalue weighted by molar-refractivity contribution is 8.16. The summed E-state index contributed by atoms with van der Waals surface area (Å²) < 4.78 is 27.1. The monoisotopic (exact) mass is 433 g/mol. The van der Waals surface area contributed by atoms with Gasteiger partial charge in [0, 0.05) is 6.07 Å². The SMILES string of the molecule is O=C(CSC1=NC2(CCCCCC2)N=C1c1cccs1)Nc1cc(F)ccc1F. The maximum absolute atomic E-state index is 13.8. The number of amides is 1. The third-order valence-corrected chi connectivity index (χ3v) is 6.87. The quantitative estimate of drug-likeness (QED) is 0.677. The minimum absolute atomic E-state index is 0.0509. The molecule has 152 valence electrons. The molecule has 1 saturated carbocycles. The van der Waals surface area contributed by atoms with Gasteiger partial charge in [0.25, 0.3) is 0 Å². The predicted octanol–water partition coefficient (Wildman–Crippen LogP) is 5.65. The number of hydrogen-bond acceptors (Lipinski definition) is 5. The topological polar surface area (TPSA) is 53.8 Å². The lowest BCUT2D eigenvalue weighted by atomic mass is 10.0. The lowest BCUT2D eigenvalue weighted by molar-refractivity contribution is -0.113. The van der Waals surface area contributed by atoms with E-state index in [1.165, 1.54) is 24.6 Å². The van der Waals surface area contributed by atoms with E-state index in [0.29, 0.717) is 0 Å². The van der Waals surface area contributed by atoms with Crippen molar-refractivity contribution in [3.05, 3.63) is 52.2 Å². The number of thiophene rings is 1. The Labute approximate surface area is 176 Å². The normalized spacial score (nSPS) is 18.3. The van der Waals surface area contributed by atoms with Crippen LogP contribution in [0, 0.1) is 11.6 Å². The van der Waals surface area contributed by atoms with E-state index in [1.54, 1.807) is 11.3 Å². The molecule has 1 spiro atoms. The first-order chi connectivity index (χ1) is 14.0. The second-order valence-electron chi connectivity index (χ2n) is 7.21. The van der Waals surface area contributed by atoms with Crippen molar-refractivity contribution in [2.75, 3.05) is 11.1 Å². The smallest absolute Gasteiger partial charge is 0.234 e. The first kappa shape index (κ1) is 20.2. The molecule has 1 aromatic carbocycles. The van der Waals surface area contributed by atoms with Crippen molar-refractivity contribution >= 4 is 45.4 Å². The average molecular weight is 434 g/mol. The van der Waals surface area contributed by atoms with Crippen molar-refractivity contribution in [3.63, 3.8) is 0 Å². The number of thioether (sulfide) groups is 1. The molecule has 0 bridgehead atoms. The van der Waals surface area contributed by atoms with Crippen LogP contribution in [0.2, 0.25) is 0 Å². The van der Waals surface area contributed by atoms with Crippen LogP contribution in [0.15, 0.2) is 45.7 Å². The lowest BCUT2D eigenvalue weighted by Gasteiger charge is -2.20. The summed E-state index contributed by atoms with van der Waals surface area (Å²) in [6, 6.07) is 6.98. The van der Waals surface area contributed by atoms with E-state index in [2.05, 4.69) is 5.32 Å². The molecule has 4 rings (SSSR count). The highest BCUT2D eigenvalue weighted by Crippen LogP contribution is 2.38. The van der Waals surface area contributed by atoms with E-state index in [0.717, 1.165) is 59.5 Å². The molecular formula is C21H21F2N3OS2. The van der Waals surface area contributed by atoms with Crippen LogP contribution in [0.1, 0.15) is 43.4 Å². The summed E-state index contributed by atoms with van der Waals surface area (Å²) in [6.45, 7) is 0. The highest BCUT2D eigenvalue weighted by Gasteiger charge is 2.37. The van der Waals surface area contributed by atoms with Crippen LogP contribution in [0.5, 0.6) is 0 Å². The van der Waals surface area contributed by atoms with Crippen molar-refractivity contribution in [2.45, 2.75) is 44.2 Å². The lowest BCUT2D eigenvalue weighted by Crippen LogP contribution is -2.20. The number of aliphatic imine (C=N–C) groups is 2. The molecule has 29 heavy (non-hydrogen) atoms. The standard InChI is InChI=1S/C21H21F2N3OS2/c22-14-7-8-15(23)16(12-14)24-18(27)13-29-20-19(17-6-5-11-28-17)25-21(26-20)9-3-1-2-4-10-21/h5-8,11-12H,1-4,9-10,13H2,(H,24,27). The largest absolute Gasteiger partial charge is 0.323 e. The summed E-state index contributed by atoms with van der Waals surface area (Å²) >= 11 is 2.90. The zero-order valence-electron chi connectivity index (χ0n) is 15.8. The number of halogens is 2. The van der Waals surface area contributed by atoms with Crippen molar-refractivity contribution < 1.29 is 13.6 Å². The average Bonchev–Trinajstić information content (AvgIpc) is 3.28. The number of nitrogens with zero attached hydrogens (tertiary/aromatic N) is 2. The van der Waals surface area contributed by atoms with Crippen LogP contribution in [0.3, 0.4) is 0 Å². The van der Waals surface area contributed by atoms with Crippen LogP contribution in [0.4, 0.5) is 14.5 Å². The molecule has 1 fully saturated rings. The first-order valence-electron chi connectivity index (χ1n) is 9.66. The molecular weight excluding hydrogens is 412 g/mol. The van der Waals surface area contributed by atoms with Gasteiger partial charge in [0.05, 0.1) is 16.3 Å². The van der Waals surface area contributed by atoms with Gasteiger partial charge >= 0.3 is 0 Å². The fraction of sp³-hybridized carbons (Fsp3) is 0.381. The van der Waals surface area contributed by atoms with E-state index in [1.807, 2.05) is 17.5 Å². The Morgan fingerprint density at radius 2 is 1.93 bits per heavy atom. The Morgan fingerprint density at radius 1 is 1.14 bits per heavy atom. The zero-order chi connectivity index (χ0) is 20.3. The summed E-state index contributed by atoms with van der Waals surface area (Å²) in [5, 5.41) is 5.19. The maximum atomic E-state index is 13.8. The summed E-state index contributed by atoms with van der Waals surface area (Å²) in [6.07, 6.45) is 6.44. The molecule has 1 amide bonds.